The van der Waals surface area contributed by atoms with E-state index >= 15 is 0 Å². The molecule has 1 atom stereocenters. The minimum atomic E-state index is -1.36. The topological polar surface area (TPSA) is 90.4 Å². The average molecular weight is 188 g/mol. The standard InChI is InChI=1S/C5H8N4O2S/c1-12(11)9-5(8-10)4-2-3-6-7-4/h2-3,10H,1H3,(H,6,7)(H,8,9). The third kappa shape index (κ3) is 2.14. The number of nitrogens with one attached hydrogen (secondary N) is 2. The lowest BCUT2D eigenvalue weighted by Crippen LogP contribution is -2.21. The zero-order chi connectivity index (χ0) is 8.97. The van der Waals surface area contributed by atoms with Crippen molar-refractivity contribution in [1.29, 1.82) is 0 Å². The molecule has 3 N–H and O–H groups in total. The van der Waals surface area contributed by atoms with E-state index in [4.69, 9.17) is 5.21 Å². The largest absolute Gasteiger partial charge is 0.290 e. The molecule has 0 saturated heterocycles. The SMILES string of the molecule is CS(=O)N=C(NO)c1ccn[nH]1. The van der Waals surface area contributed by atoms with Crippen molar-refractivity contribution in [3.8, 4) is 0 Å². The molecule has 0 aliphatic rings. The van der Waals surface area contributed by atoms with Gasteiger partial charge >= 0.3 is 0 Å². The molecule has 0 aliphatic heterocycles. The Morgan fingerprint density at radius 2 is 2.67 bits per heavy atom. The predicted octanol–water partition coefficient (Wildman–Crippen LogP) is -0.571. The first-order chi connectivity index (χ1) is 5.74. The molecule has 0 fully saturated rings. The predicted molar refractivity (Wildman–Crippen MR) is 44.1 cm³/mol. The van der Waals surface area contributed by atoms with E-state index in [1.54, 1.807) is 6.07 Å². The van der Waals surface area contributed by atoms with Crippen LogP contribution >= 0.6 is 0 Å². The number of amidine groups is 1. The summed E-state index contributed by atoms with van der Waals surface area (Å²) in [6.45, 7) is 0. The molecule has 0 radical (unpaired) electrons. The van der Waals surface area contributed by atoms with Crippen molar-refractivity contribution in [2.45, 2.75) is 0 Å². The van der Waals surface area contributed by atoms with E-state index in [1.165, 1.54) is 12.5 Å². The lowest BCUT2D eigenvalue weighted by Gasteiger charge is -1.98. The van der Waals surface area contributed by atoms with Crippen LogP contribution in [0.15, 0.2) is 16.7 Å². The molecule has 1 unspecified atom stereocenters. The van der Waals surface area contributed by atoms with Gasteiger partial charge in [0.1, 0.15) is 16.7 Å². The summed E-state index contributed by atoms with van der Waals surface area (Å²) in [6.07, 6.45) is 2.90. The molecular weight excluding hydrogens is 180 g/mol. The molecule has 0 aliphatic carbocycles. The van der Waals surface area contributed by atoms with Crippen molar-refractivity contribution in [2.24, 2.45) is 4.40 Å². The van der Waals surface area contributed by atoms with Crippen LogP contribution in [0, 0.1) is 0 Å². The van der Waals surface area contributed by atoms with Crippen LogP contribution in [-0.2, 0) is 11.0 Å². The molecule has 1 rings (SSSR count). The lowest BCUT2D eigenvalue weighted by atomic mass is 10.4. The van der Waals surface area contributed by atoms with E-state index in [-0.39, 0.29) is 5.84 Å². The Hall–Kier alpha value is -1.21. The van der Waals surface area contributed by atoms with Crippen molar-refractivity contribution in [3.05, 3.63) is 18.0 Å². The molecule has 12 heavy (non-hydrogen) atoms. The first kappa shape index (κ1) is 8.88. The highest BCUT2D eigenvalue weighted by Crippen LogP contribution is 1.93. The smallest absolute Gasteiger partial charge is 0.185 e. The molecule has 0 aromatic carbocycles. The second-order valence-corrected chi connectivity index (χ2v) is 2.98. The maximum Gasteiger partial charge on any atom is 0.185 e. The third-order valence-electron chi connectivity index (χ3n) is 1.08. The van der Waals surface area contributed by atoms with Crippen molar-refractivity contribution < 1.29 is 9.42 Å². The molecule has 1 heterocycles. The summed E-state index contributed by atoms with van der Waals surface area (Å²) in [5.74, 6) is 0.105. The van der Waals surface area contributed by atoms with Gasteiger partial charge in [-0.3, -0.25) is 10.3 Å². The number of aromatic amines is 1. The van der Waals surface area contributed by atoms with E-state index in [1.807, 2.05) is 5.48 Å². The monoisotopic (exact) mass is 188 g/mol. The molecule has 6 nitrogen and oxygen atoms in total. The third-order valence-corrected chi connectivity index (χ3v) is 1.52. The number of nitrogens with zero attached hydrogens (tertiary/aromatic N) is 2. The van der Waals surface area contributed by atoms with Gasteiger partial charge in [0.15, 0.2) is 5.84 Å². The maximum atomic E-state index is 10.6. The van der Waals surface area contributed by atoms with Crippen LogP contribution in [0.2, 0.25) is 0 Å². The van der Waals surface area contributed by atoms with Gasteiger partial charge in [-0.2, -0.15) is 9.50 Å². The van der Waals surface area contributed by atoms with Gasteiger partial charge < -0.3 is 0 Å². The minimum absolute atomic E-state index is 0.105. The van der Waals surface area contributed by atoms with E-state index in [9.17, 15) is 4.21 Å². The zero-order valence-electron chi connectivity index (χ0n) is 6.31. The van der Waals surface area contributed by atoms with E-state index < -0.39 is 11.0 Å². The van der Waals surface area contributed by atoms with Gasteiger partial charge in [-0.05, 0) is 6.07 Å². The minimum Gasteiger partial charge on any atom is -0.290 e. The lowest BCUT2D eigenvalue weighted by molar-refractivity contribution is 0.235. The van der Waals surface area contributed by atoms with Crippen LogP contribution in [0.5, 0.6) is 0 Å². The summed E-state index contributed by atoms with van der Waals surface area (Å²) in [7, 11) is -1.36. The van der Waals surface area contributed by atoms with Gasteiger partial charge in [0.2, 0.25) is 0 Å². The highest BCUT2D eigenvalue weighted by molar-refractivity contribution is 7.83. The van der Waals surface area contributed by atoms with Gasteiger partial charge in [0.25, 0.3) is 0 Å². The Kier molecular flexibility index (Phi) is 2.94. The fourth-order valence-electron chi connectivity index (χ4n) is 0.646. The van der Waals surface area contributed by atoms with E-state index in [0.717, 1.165) is 0 Å². The molecule has 0 saturated carbocycles. The van der Waals surface area contributed by atoms with Gasteiger partial charge in [-0.1, -0.05) is 0 Å². The first-order valence-corrected chi connectivity index (χ1v) is 4.57. The van der Waals surface area contributed by atoms with Crippen LogP contribution in [0.3, 0.4) is 0 Å². The molecular formula is C5H8N4O2S. The van der Waals surface area contributed by atoms with Crippen LogP contribution in [0.25, 0.3) is 0 Å². The Morgan fingerprint density at radius 3 is 3.08 bits per heavy atom. The second-order valence-electron chi connectivity index (χ2n) is 1.95. The van der Waals surface area contributed by atoms with Crippen molar-refractivity contribution >= 4 is 16.8 Å². The van der Waals surface area contributed by atoms with Crippen LogP contribution in [-0.4, -0.2) is 31.7 Å². The van der Waals surface area contributed by atoms with Gasteiger partial charge in [-0.25, -0.2) is 9.69 Å². The number of rotatable bonds is 2. The molecule has 0 bridgehead atoms. The Labute approximate surface area is 71.3 Å². The summed E-state index contributed by atoms with van der Waals surface area (Å²) in [5, 5.41) is 14.8. The molecule has 0 spiro atoms. The average Bonchev–Trinajstić information content (AvgIpc) is 2.51. The fraction of sp³-hybridized carbons (Fsp3) is 0.200. The number of hydrogen-bond donors (Lipinski definition) is 3. The molecule has 1 aromatic rings. The van der Waals surface area contributed by atoms with Gasteiger partial charge in [0, 0.05) is 12.5 Å². The summed E-state index contributed by atoms with van der Waals surface area (Å²) in [5.41, 5.74) is 2.30. The molecule has 0 amide bonds. The number of H-pyrrole nitrogens is 1. The molecule has 66 valence electrons. The quantitative estimate of drug-likeness (QED) is 0.329. The maximum absolute atomic E-state index is 10.6. The molecule has 7 heteroatoms. The Balaban J connectivity index is 2.91. The summed E-state index contributed by atoms with van der Waals surface area (Å²) in [4.78, 5) is 0. The van der Waals surface area contributed by atoms with Crippen molar-refractivity contribution in [3.63, 3.8) is 0 Å². The summed E-state index contributed by atoms with van der Waals surface area (Å²) in [6, 6.07) is 1.59. The normalized spacial score (nSPS) is 14.3. The Morgan fingerprint density at radius 1 is 1.92 bits per heavy atom. The fourth-order valence-corrected chi connectivity index (χ4v) is 1.04. The number of hydroxylamine groups is 1. The van der Waals surface area contributed by atoms with E-state index in [2.05, 4.69) is 14.6 Å². The van der Waals surface area contributed by atoms with Gasteiger partial charge in [0.05, 0.1) is 0 Å². The van der Waals surface area contributed by atoms with Crippen molar-refractivity contribution in [1.82, 2.24) is 15.7 Å². The highest BCUT2D eigenvalue weighted by atomic mass is 32.2. The van der Waals surface area contributed by atoms with Crippen molar-refractivity contribution in [2.75, 3.05) is 6.26 Å². The van der Waals surface area contributed by atoms with Gasteiger partial charge in [-0.15, -0.1) is 0 Å². The summed E-state index contributed by atoms with van der Waals surface area (Å²) < 4.78 is 14.2. The number of hydrogen-bond acceptors (Lipinski definition) is 3. The molecule has 1 aromatic heterocycles. The highest BCUT2D eigenvalue weighted by Gasteiger charge is 2.03. The van der Waals surface area contributed by atoms with Crippen LogP contribution < -0.4 is 5.48 Å². The van der Waals surface area contributed by atoms with Crippen LogP contribution in [0.4, 0.5) is 0 Å². The first-order valence-electron chi connectivity index (χ1n) is 3.06. The zero-order valence-corrected chi connectivity index (χ0v) is 7.13. The number of aromatic nitrogens is 2. The Bertz CT molecular complexity index is 294. The van der Waals surface area contributed by atoms with Crippen LogP contribution in [0.1, 0.15) is 5.69 Å². The summed E-state index contributed by atoms with van der Waals surface area (Å²) >= 11 is 0. The van der Waals surface area contributed by atoms with E-state index in [0.29, 0.717) is 5.69 Å². The second kappa shape index (κ2) is 3.98.